The van der Waals surface area contributed by atoms with Crippen LogP contribution < -0.4 is 0 Å². The second-order valence-corrected chi connectivity index (χ2v) is 6.51. The molecule has 3 aromatic rings. The zero-order valence-corrected chi connectivity index (χ0v) is 13.0. The van der Waals surface area contributed by atoms with Crippen molar-refractivity contribution in [1.82, 2.24) is 9.78 Å². The number of halogens is 2. The molecule has 0 fully saturated rings. The van der Waals surface area contributed by atoms with Gasteiger partial charge in [-0.25, -0.2) is 13.5 Å². The lowest BCUT2D eigenvalue weighted by Gasteiger charge is -2.03. The van der Waals surface area contributed by atoms with Gasteiger partial charge in [-0.3, -0.25) is 4.21 Å². The summed E-state index contributed by atoms with van der Waals surface area (Å²) >= 11 is 0. The summed E-state index contributed by atoms with van der Waals surface area (Å²) in [6.45, 7) is 0. The van der Waals surface area contributed by atoms with Gasteiger partial charge in [0.25, 0.3) is 0 Å². The molecule has 0 aliphatic rings. The minimum absolute atomic E-state index is 0.138. The number of hydrogen-bond donors (Lipinski definition) is 0. The molecule has 1 atom stereocenters. The third kappa shape index (κ3) is 3.90. The highest BCUT2D eigenvalue weighted by molar-refractivity contribution is 7.83. The van der Waals surface area contributed by atoms with E-state index in [0.29, 0.717) is 16.9 Å². The number of rotatable bonds is 5. The summed E-state index contributed by atoms with van der Waals surface area (Å²) in [4.78, 5) is 0. The van der Waals surface area contributed by atoms with Gasteiger partial charge in [-0.1, -0.05) is 24.3 Å². The molecular formula is C17H14F2N2OS. The summed E-state index contributed by atoms with van der Waals surface area (Å²) in [6, 6.07) is 14.1. The first kappa shape index (κ1) is 15.6. The van der Waals surface area contributed by atoms with E-state index in [1.165, 1.54) is 22.9 Å². The Kier molecular flexibility index (Phi) is 4.62. The zero-order chi connectivity index (χ0) is 16.2. The monoisotopic (exact) mass is 332 g/mol. The van der Waals surface area contributed by atoms with Crippen LogP contribution in [0.5, 0.6) is 0 Å². The Balaban J connectivity index is 1.69. The summed E-state index contributed by atoms with van der Waals surface area (Å²) in [5.41, 5.74) is 1.63. The number of nitrogens with zero attached hydrogens (tertiary/aromatic N) is 2. The van der Waals surface area contributed by atoms with E-state index in [0.717, 1.165) is 0 Å². The molecule has 0 N–H and O–H groups in total. The SMILES string of the molecule is O=S(Cc1ccn(-c2cccc(F)c2)n1)Cc1ccccc1F. The fraction of sp³-hybridized carbons (Fsp3) is 0.118. The highest BCUT2D eigenvalue weighted by Gasteiger charge is 2.10. The summed E-state index contributed by atoms with van der Waals surface area (Å²) in [5, 5.41) is 4.29. The highest BCUT2D eigenvalue weighted by Crippen LogP contribution is 2.13. The van der Waals surface area contributed by atoms with Crippen LogP contribution in [0.4, 0.5) is 8.78 Å². The summed E-state index contributed by atoms with van der Waals surface area (Å²) in [5.74, 6) is -0.343. The van der Waals surface area contributed by atoms with E-state index in [1.807, 2.05) is 0 Å². The van der Waals surface area contributed by atoms with E-state index >= 15 is 0 Å². The van der Waals surface area contributed by atoms with Crippen molar-refractivity contribution >= 4 is 10.8 Å². The normalized spacial score (nSPS) is 12.3. The van der Waals surface area contributed by atoms with Crippen molar-refractivity contribution in [3.63, 3.8) is 0 Å². The third-order valence-electron chi connectivity index (χ3n) is 3.30. The Morgan fingerprint density at radius 3 is 2.61 bits per heavy atom. The third-order valence-corrected chi connectivity index (χ3v) is 4.55. The van der Waals surface area contributed by atoms with Crippen LogP contribution in [0.25, 0.3) is 5.69 Å². The van der Waals surface area contributed by atoms with Crippen molar-refractivity contribution in [2.24, 2.45) is 0 Å². The number of aromatic nitrogens is 2. The molecule has 1 unspecified atom stereocenters. The molecule has 0 amide bonds. The van der Waals surface area contributed by atoms with E-state index < -0.39 is 10.8 Å². The molecule has 0 saturated carbocycles. The molecule has 1 heterocycles. The fourth-order valence-electron chi connectivity index (χ4n) is 2.21. The lowest BCUT2D eigenvalue weighted by molar-refractivity contribution is 0.615. The summed E-state index contributed by atoms with van der Waals surface area (Å²) in [7, 11) is -1.27. The topological polar surface area (TPSA) is 34.9 Å². The van der Waals surface area contributed by atoms with Gasteiger partial charge >= 0.3 is 0 Å². The lowest BCUT2D eigenvalue weighted by atomic mass is 10.2. The maximum atomic E-state index is 13.6. The second-order valence-electron chi connectivity index (χ2n) is 5.05. The van der Waals surface area contributed by atoms with Gasteiger partial charge in [0.2, 0.25) is 0 Å². The number of benzene rings is 2. The molecule has 0 radical (unpaired) electrons. The van der Waals surface area contributed by atoms with E-state index in [1.54, 1.807) is 42.6 Å². The minimum atomic E-state index is -1.27. The molecular weight excluding hydrogens is 318 g/mol. The van der Waals surface area contributed by atoms with E-state index in [2.05, 4.69) is 5.10 Å². The summed E-state index contributed by atoms with van der Waals surface area (Å²) < 4.78 is 40.5. The molecule has 0 aliphatic heterocycles. The molecule has 0 spiro atoms. The Morgan fingerprint density at radius 1 is 1.00 bits per heavy atom. The highest BCUT2D eigenvalue weighted by atomic mass is 32.2. The van der Waals surface area contributed by atoms with Crippen LogP contribution in [0.1, 0.15) is 11.3 Å². The second kappa shape index (κ2) is 6.83. The minimum Gasteiger partial charge on any atom is -0.259 e. The van der Waals surface area contributed by atoms with Gasteiger partial charge in [-0.05, 0) is 30.3 Å². The molecule has 6 heteroatoms. The molecule has 118 valence electrons. The van der Waals surface area contributed by atoms with Crippen molar-refractivity contribution in [3.05, 3.63) is 83.7 Å². The number of hydrogen-bond acceptors (Lipinski definition) is 2. The molecule has 3 rings (SSSR count). The zero-order valence-electron chi connectivity index (χ0n) is 12.2. The molecule has 23 heavy (non-hydrogen) atoms. The van der Waals surface area contributed by atoms with E-state index in [4.69, 9.17) is 0 Å². The quantitative estimate of drug-likeness (QED) is 0.715. The van der Waals surface area contributed by atoms with Gasteiger partial charge in [-0.2, -0.15) is 5.10 Å². The van der Waals surface area contributed by atoms with Crippen molar-refractivity contribution in [1.29, 1.82) is 0 Å². The van der Waals surface area contributed by atoms with Crippen LogP contribution in [0.3, 0.4) is 0 Å². The Hall–Kier alpha value is -2.34. The molecule has 0 saturated heterocycles. The van der Waals surface area contributed by atoms with Crippen molar-refractivity contribution in [2.75, 3.05) is 0 Å². The largest absolute Gasteiger partial charge is 0.259 e. The maximum absolute atomic E-state index is 13.6. The predicted octanol–water partition coefficient (Wildman–Crippen LogP) is 3.60. The average molecular weight is 332 g/mol. The van der Waals surface area contributed by atoms with Gasteiger partial charge in [0, 0.05) is 22.6 Å². The van der Waals surface area contributed by atoms with Crippen LogP contribution >= 0.6 is 0 Å². The van der Waals surface area contributed by atoms with Crippen molar-refractivity contribution in [2.45, 2.75) is 11.5 Å². The first-order chi connectivity index (χ1) is 11.1. The lowest BCUT2D eigenvalue weighted by Crippen LogP contribution is -2.03. The molecule has 2 aromatic carbocycles. The molecule has 1 aromatic heterocycles. The predicted molar refractivity (Wildman–Crippen MR) is 85.5 cm³/mol. The Bertz CT molecular complexity index is 848. The van der Waals surface area contributed by atoms with E-state index in [9.17, 15) is 13.0 Å². The molecule has 3 nitrogen and oxygen atoms in total. The van der Waals surface area contributed by atoms with Gasteiger partial charge in [0.1, 0.15) is 11.6 Å². The van der Waals surface area contributed by atoms with Gasteiger partial charge in [0.05, 0.1) is 22.9 Å². The van der Waals surface area contributed by atoms with Crippen LogP contribution in [0.15, 0.2) is 60.8 Å². The fourth-order valence-corrected chi connectivity index (χ4v) is 3.37. The first-order valence-electron chi connectivity index (χ1n) is 7.01. The summed E-state index contributed by atoms with van der Waals surface area (Å²) in [6.07, 6.45) is 1.68. The van der Waals surface area contributed by atoms with Crippen LogP contribution in [-0.4, -0.2) is 14.0 Å². The Labute approximate surface area is 135 Å². The molecule has 0 aliphatic carbocycles. The Morgan fingerprint density at radius 2 is 1.83 bits per heavy atom. The standard InChI is InChI=1S/C17H14F2N2OS/c18-14-5-3-6-16(10-14)21-9-8-15(20-21)12-23(22)11-13-4-1-2-7-17(13)19/h1-10H,11-12H2. The van der Waals surface area contributed by atoms with Gasteiger partial charge in [0.15, 0.2) is 0 Å². The van der Waals surface area contributed by atoms with Crippen LogP contribution in [-0.2, 0) is 22.3 Å². The van der Waals surface area contributed by atoms with Crippen LogP contribution in [0.2, 0.25) is 0 Å². The van der Waals surface area contributed by atoms with Gasteiger partial charge in [-0.15, -0.1) is 0 Å². The van der Waals surface area contributed by atoms with Crippen molar-refractivity contribution < 1.29 is 13.0 Å². The first-order valence-corrected chi connectivity index (χ1v) is 8.49. The van der Waals surface area contributed by atoms with Crippen molar-refractivity contribution in [3.8, 4) is 5.69 Å². The average Bonchev–Trinajstić information content (AvgIpc) is 2.98. The smallest absolute Gasteiger partial charge is 0.127 e. The molecule has 0 bridgehead atoms. The maximum Gasteiger partial charge on any atom is 0.127 e. The van der Waals surface area contributed by atoms with E-state index in [-0.39, 0.29) is 23.1 Å². The van der Waals surface area contributed by atoms with Gasteiger partial charge < -0.3 is 0 Å². The van der Waals surface area contributed by atoms with Crippen LogP contribution in [0, 0.1) is 11.6 Å².